The highest BCUT2D eigenvalue weighted by molar-refractivity contribution is 5.77. The summed E-state index contributed by atoms with van der Waals surface area (Å²) < 4.78 is 0. The second-order valence-electron chi connectivity index (χ2n) is 3.65. The Labute approximate surface area is 69.6 Å². The van der Waals surface area contributed by atoms with Crippen molar-refractivity contribution in [1.82, 2.24) is 4.90 Å². The molecule has 1 heterocycles. The first-order valence-electron chi connectivity index (χ1n) is 4.28. The Morgan fingerprint density at radius 1 is 1.36 bits per heavy atom. The summed E-state index contributed by atoms with van der Waals surface area (Å²) in [5.74, 6) is 1.13. The van der Waals surface area contributed by atoms with Crippen LogP contribution < -0.4 is 0 Å². The van der Waals surface area contributed by atoms with Crippen LogP contribution in [-0.2, 0) is 4.79 Å². The summed E-state index contributed by atoms with van der Waals surface area (Å²) in [5.41, 5.74) is 0. The summed E-state index contributed by atoms with van der Waals surface area (Å²) in [5, 5.41) is 0. The molecule has 0 saturated carbocycles. The van der Waals surface area contributed by atoms with E-state index in [0.29, 0.717) is 5.91 Å². The van der Waals surface area contributed by atoms with Crippen LogP contribution in [0.5, 0.6) is 0 Å². The summed E-state index contributed by atoms with van der Waals surface area (Å²) >= 11 is 0. The maximum absolute atomic E-state index is 10.5. The molecule has 11 heavy (non-hydrogen) atoms. The molecule has 0 N–H and O–H groups in total. The van der Waals surface area contributed by atoms with Gasteiger partial charge in [-0.05, 0) is 12.3 Å². The summed E-state index contributed by atoms with van der Waals surface area (Å²) in [6.07, 6.45) is 1.81. The third-order valence-corrected chi connectivity index (χ3v) is 1.31. The molecule has 1 fully saturated rings. The van der Waals surface area contributed by atoms with Gasteiger partial charge >= 0.3 is 0 Å². The Balaban J connectivity index is 0.000000218. The first kappa shape index (κ1) is 10.5. The molecule has 2 heteroatoms. The number of hydrogen-bond donors (Lipinski definition) is 0. The standard InChI is InChI=1S/C5H9NO.C4H10/c1-6-4-2-3-5(6)7;1-4(2)3/h2-4H2,1H3;4H,1-3H3. The van der Waals surface area contributed by atoms with Crippen molar-refractivity contribution in [2.45, 2.75) is 33.6 Å². The zero-order valence-corrected chi connectivity index (χ0v) is 8.05. The van der Waals surface area contributed by atoms with Gasteiger partial charge in [0.1, 0.15) is 0 Å². The normalized spacial score (nSPS) is 16.8. The van der Waals surface area contributed by atoms with Gasteiger partial charge in [0.2, 0.25) is 5.91 Å². The second kappa shape index (κ2) is 5.16. The molecule has 1 amide bonds. The van der Waals surface area contributed by atoms with Crippen LogP contribution in [0, 0.1) is 5.92 Å². The fraction of sp³-hybridized carbons (Fsp3) is 0.889. The lowest BCUT2D eigenvalue weighted by Crippen LogP contribution is -2.17. The van der Waals surface area contributed by atoms with E-state index in [2.05, 4.69) is 20.8 Å². The molecular formula is C9H19NO. The quantitative estimate of drug-likeness (QED) is 0.526. The van der Waals surface area contributed by atoms with Crippen LogP contribution in [0.15, 0.2) is 0 Å². The van der Waals surface area contributed by atoms with Crippen molar-refractivity contribution in [1.29, 1.82) is 0 Å². The minimum Gasteiger partial charge on any atom is -0.346 e. The maximum atomic E-state index is 10.5. The highest BCUT2D eigenvalue weighted by Gasteiger charge is 2.14. The van der Waals surface area contributed by atoms with E-state index in [0.717, 1.165) is 25.3 Å². The molecule has 0 radical (unpaired) electrons. The van der Waals surface area contributed by atoms with Crippen LogP contribution in [0.2, 0.25) is 0 Å². The smallest absolute Gasteiger partial charge is 0.222 e. The predicted molar refractivity (Wildman–Crippen MR) is 47.4 cm³/mol. The van der Waals surface area contributed by atoms with Gasteiger partial charge in [-0.3, -0.25) is 4.79 Å². The number of carbonyl (C=O) groups is 1. The molecule has 1 saturated heterocycles. The second-order valence-corrected chi connectivity index (χ2v) is 3.65. The van der Waals surface area contributed by atoms with Crippen LogP contribution in [0.1, 0.15) is 33.6 Å². The molecule has 1 aliphatic rings. The molecule has 0 bridgehead atoms. The van der Waals surface area contributed by atoms with Gasteiger partial charge in [-0.1, -0.05) is 20.8 Å². The maximum Gasteiger partial charge on any atom is 0.222 e. The van der Waals surface area contributed by atoms with E-state index in [9.17, 15) is 4.79 Å². The molecule has 66 valence electrons. The minimum absolute atomic E-state index is 0.292. The van der Waals surface area contributed by atoms with Crippen molar-refractivity contribution in [3.63, 3.8) is 0 Å². The molecule has 1 rings (SSSR count). The van der Waals surface area contributed by atoms with Gasteiger partial charge in [0.15, 0.2) is 0 Å². The summed E-state index contributed by atoms with van der Waals surface area (Å²) in [4.78, 5) is 12.3. The molecule has 0 atom stereocenters. The lowest BCUT2D eigenvalue weighted by atomic mass is 10.3. The lowest BCUT2D eigenvalue weighted by Gasteiger charge is -2.03. The highest BCUT2D eigenvalue weighted by Crippen LogP contribution is 2.04. The average molecular weight is 157 g/mol. The first-order chi connectivity index (χ1) is 5.04. The molecule has 0 spiro atoms. The third-order valence-electron chi connectivity index (χ3n) is 1.31. The highest BCUT2D eigenvalue weighted by atomic mass is 16.2. The topological polar surface area (TPSA) is 20.3 Å². The largest absolute Gasteiger partial charge is 0.346 e. The van der Waals surface area contributed by atoms with Crippen LogP contribution in [0.3, 0.4) is 0 Å². The van der Waals surface area contributed by atoms with Gasteiger partial charge in [0.05, 0.1) is 0 Å². The van der Waals surface area contributed by atoms with Crippen molar-refractivity contribution in [3.8, 4) is 0 Å². The van der Waals surface area contributed by atoms with E-state index < -0.39 is 0 Å². The van der Waals surface area contributed by atoms with E-state index >= 15 is 0 Å². The summed E-state index contributed by atoms with van der Waals surface area (Å²) in [6.45, 7) is 7.46. The Morgan fingerprint density at radius 2 is 1.82 bits per heavy atom. The Bertz CT molecular complexity index is 118. The molecule has 0 aromatic heterocycles. The fourth-order valence-electron chi connectivity index (χ4n) is 0.783. The van der Waals surface area contributed by atoms with E-state index in [1.165, 1.54) is 0 Å². The van der Waals surface area contributed by atoms with E-state index in [4.69, 9.17) is 0 Å². The Kier molecular flexibility index (Phi) is 4.92. The van der Waals surface area contributed by atoms with Gasteiger partial charge < -0.3 is 4.90 Å². The number of nitrogens with zero attached hydrogens (tertiary/aromatic N) is 1. The van der Waals surface area contributed by atoms with Crippen molar-refractivity contribution < 1.29 is 4.79 Å². The SMILES string of the molecule is CC(C)C.CN1CCCC1=O. The number of hydrogen-bond acceptors (Lipinski definition) is 1. The zero-order valence-electron chi connectivity index (χ0n) is 8.05. The number of likely N-dealkylation sites (tertiary alicyclic amines) is 1. The van der Waals surface area contributed by atoms with Gasteiger partial charge in [-0.15, -0.1) is 0 Å². The van der Waals surface area contributed by atoms with E-state index in [1.54, 1.807) is 4.90 Å². The molecule has 2 nitrogen and oxygen atoms in total. The van der Waals surface area contributed by atoms with Crippen molar-refractivity contribution in [2.24, 2.45) is 5.92 Å². The molecule has 0 aromatic carbocycles. The van der Waals surface area contributed by atoms with E-state index in [1.807, 2.05) is 7.05 Å². The zero-order chi connectivity index (χ0) is 8.85. The molecule has 1 aliphatic heterocycles. The molecule has 0 aromatic rings. The summed E-state index contributed by atoms with van der Waals surface area (Å²) in [6, 6.07) is 0. The van der Waals surface area contributed by atoms with Crippen molar-refractivity contribution in [2.75, 3.05) is 13.6 Å². The van der Waals surface area contributed by atoms with Crippen LogP contribution in [-0.4, -0.2) is 24.4 Å². The summed E-state index contributed by atoms with van der Waals surface area (Å²) in [7, 11) is 1.84. The number of carbonyl (C=O) groups excluding carboxylic acids is 1. The Hall–Kier alpha value is -0.530. The Morgan fingerprint density at radius 3 is 1.91 bits per heavy atom. The fourth-order valence-corrected chi connectivity index (χ4v) is 0.783. The number of amides is 1. The predicted octanol–water partition coefficient (Wildman–Crippen LogP) is 1.90. The van der Waals surface area contributed by atoms with Gasteiger partial charge in [-0.2, -0.15) is 0 Å². The van der Waals surface area contributed by atoms with Crippen molar-refractivity contribution in [3.05, 3.63) is 0 Å². The van der Waals surface area contributed by atoms with Gasteiger partial charge in [-0.25, -0.2) is 0 Å². The number of rotatable bonds is 0. The average Bonchev–Trinajstić information content (AvgIpc) is 2.15. The van der Waals surface area contributed by atoms with Gasteiger partial charge in [0, 0.05) is 20.0 Å². The molecular weight excluding hydrogens is 138 g/mol. The minimum atomic E-state index is 0.292. The van der Waals surface area contributed by atoms with Crippen LogP contribution in [0.4, 0.5) is 0 Å². The third kappa shape index (κ3) is 5.89. The van der Waals surface area contributed by atoms with Crippen molar-refractivity contribution >= 4 is 5.91 Å². The van der Waals surface area contributed by atoms with Gasteiger partial charge in [0.25, 0.3) is 0 Å². The first-order valence-corrected chi connectivity index (χ1v) is 4.28. The van der Waals surface area contributed by atoms with Crippen LogP contribution >= 0.6 is 0 Å². The monoisotopic (exact) mass is 157 g/mol. The lowest BCUT2D eigenvalue weighted by molar-refractivity contribution is -0.126. The molecule has 0 aliphatic carbocycles. The van der Waals surface area contributed by atoms with E-state index in [-0.39, 0.29) is 0 Å². The van der Waals surface area contributed by atoms with Crippen LogP contribution in [0.25, 0.3) is 0 Å². The molecule has 0 unspecified atom stereocenters.